The van der Waals surface area contributed by atoms with Crippen LogP contribution in [-0.2, 0) is 4.74 Å². The standard InChI is InChI=1S/C17H24N4O2S/c1-4-12(9-23-3)20-15-13-11(2)14(24-16(13)19-10-18-15)17(22)21-7-5-6-8-21/h10,12H,4-9H2,1-3H3,(H,18,19,20). The molecule has 3 heterocycles. The number of likely N-dealkylation sites (tertiary alicyclic amines) is 1. The highest BCUT2D eigenvalue weighted by molar-refractivity contribution is 7.20. The minimum atomic E-state index is 0.128. The number of hydrogen-bond acceptors (Lipinski definition) is 6. The summed E-state index contributed by atoms with van der Waals surface area (Å²) in [7, 11) is 1.70. The summed E-state index contributed by atoms with van der Waals surface area (Å²) in [6, 6.07) is 0.185. The predicted molar refractivity (Wildman–Crippen MR) is 96.9 cm³/mol. The Morgan fingerprint density at radius 3 is 2.83 bits per heavy atom. The normalized spacial score (nSPS) is 15.9. The van der Waals surface area contributed by atoms with Crippen molar-refractivity contribution in [3.63, 3.8) is 0 Å². The maximum Gasteiger partial charge on any atom is 0.264 e. The molecule has 130 valence electrons. The molecule has 3 rings (SSSR count). The highest BCUT2D eigenvalue weighted by atomic mass is 32.1. The van der Waals surface area contributed by atoms with Crippen molar-refractivity contribution in [2.75, 3.05) is 32.1 Å². The number of methoxy groups -OCH3 is 1. The van der Waals surface area contributed by atoms with E-state index in [1.54, 1.807) is 13.4 Å². The van der Waals surface area contributed by atoms with Gasteiger partial charge in [-0.05, 0) is 31.7 Å². The summed E-state index contributed by atoms with van der Waals surface area (Å²) < 4.78 is 5.26. The Balaban J connectivity index is 1.95. The first-order chi connectivity index (χ1) is 11.7. The van der Waals surface area contributed by atoms with Gasteiger partial charge in [0.15, 0.2) is 0 Å². The van der Waals surface area contributed by atoms with Crippen LogP contribution in [-0.4, -0.2) is 53.6 Å². The molecule has 24 heavy (non-hydrogen) atoms. The minimum absolute atomic E-state index is 0.128. The van der Waals surface area contributed by atoms with Crippen LogP contribution in [0.1, 0.15) is 41.4 Å². The average Bonchev–Trinajstić information content (AvgIpc) is 3.23. The fourth-order valence-corrected chi connectivity index (χ4v) is 4.22. The van der Waals surface area contributed by atoms with Gasteiger partial charge in [-0.25, -0.2) is 9.97 Å². The molecule has 0 radical (unpaired) electrons. The van der Waals surface area contributed by atoms with E-state index in [0.717, 1.165) is 58.8 Å². The quantitative estimate of drug-likeness (QED) is 0.869. The monoisotopic (exact) mass is 348 g/mol. The number of nitrogens with one attached hydrogen (secondary N) is 1. The van der Waals surface area contributed by atoms with Crippen LogP contribution in [0, 0.1) is 6.92 Å². The van der Waals surface area contributed by atoms with Crippen LogP contribution < -0.4 is 5.32 Å². The average molecular weight is 348 g/mol. The van der Waals surface area contributed by atoms with E-state index in [1.807, 2.05) is 11.8 Å². The largest absolute Gasteiger partial charge is 0.383 e. The van der Waals surface area contributed by atoms with Crippen LogP contribution >= 0.6 is 11.3 Å². The molecule has 0 spiro atoms. The Hall–Kier alpha value is -1.73. The number of rotatable bonds is 6. The number of ether oxygens (including phenoxy) is 1. The van der Waals surface area contributed by atoms with Crippen molar-refractivity contribution in [2.45, 2.75) is 39.2 Å². The molecule has 1 unspecified atom stereocenters. The van der Waals surface area contributed by atoms with Crippen molar-refractivity contribution in [1.29, 1.82) is 0 Å². The highest BCUT2D eigenvalue weighted by Gasteiger charge is 2.25. The third-order valence-electron chi connectivity index (χ3n) is 4.52. The smallest absolute Gasteiger partial charge is 0.264 e. The molecule has 0 saturated carbocycles. The maximum absolute atomic E-state index is 12.8. The van der Waals surface area contributed by atoms with Crippen LogP contribution in [0.4, 0.5) is 5.82 Å². The Morgan fingerprint density at radius 2 is 2.17 bits per heavy atom. The van der Waals surface area contributed by atoms with Gasteiger partial charge in [0.25, 0.3) is 5.91 Å². The topological polar surface area (TPSA) is 67.3 Å². The third-order valence-corrected chi connectivity index (χ3v) is 5.70. The molecule has 1 amide bonds. The number of aromatic nitrogens is 2. The number of carbonyl (C=O) groups is 1. The third kappa shape index (κ3) is 3.23. The number of aryl methyl sites for hydroxylation is 1. The molecule has 6 nitrogen and oxygen atoms in total. The van der Waals surface area contributed by atoms with Gasteiger partial charge in [0.1, 0.15) is 17.0 Å². The van der Waals surface area contributed by atoms with Crippen molar-refractivity contribution >= 4 is 33.3 Å². The fourth-order valence-electron chi connectivity index (χ4n) is 3.10. The number of amides is 1. The molecule has 2 aromatic heterocycles. The molecule has 1 aliphatic rings. The van der Waals surface area contributed by atoms with Gasteiger partial charge in [0.05, 0.1) is 22.9 Å². The molecule has 7 heteroatoms. The molecule has 0 aromatic carbocycles. The lowest BCUT2D eigenvalue weighted by molar-refractivity contribution is 0.0797. The number of fused-ring (bicyclic) bond motifs is 1. The van der Waals surface area contributed by atoms with E-state index in [0.29, 0.717) is 6.61 Å². The first-order valence-corrected chi connectivity index (χ1v) is 9.26. The fraction of sp³-hybridized carbons (Fsp3) is 0.588. The number of hydrogen-bond donors (Lipinski definition) is 1. The van der Waals surface area contributed by atoms with Gasteiger partial charge < -0.3 is 15.0 Å². The van der Waals surface area contributed by atoms with E-state index in [2.05, 4.69) is 22.2 Å². The van der Waals surface area contributed by atoms with E-state index >= 15 is 0 Å². The van der Waals surface area contributed by atoms with Crippen LogP contribution in [0.2, 0.25) is 0 Å². The molecule has 1 saturated heterocycles. The molecule has 1 atom stereocenters. The van der Waals surface area contributed by atoms with Gasteiger partial charge in [-0.2, -0.15) is 0 Å². The number of anilines is 1. The maximum atomic E-state index is 12.8. The lowest BCUT2D eigenvalue weighted by Gasteiger charge is -2.17. The Kier molecular flexibility index (Phi) is 5.30. The summed E-state index contributed by atoms with van der Waals surface area (Å²) in [6.07, 6.45) is 4.68. The van der Waals surface area contributed by atoms with Crippen LogP contribution in [0.5, 0.6) is 0 Å². The first kappa shape index (κ1) is 17.1. The summed E-state index contributed by atoms with van der Waals surface area (Å²) in [5.74, 6) is 0.918. The number of nitrogens with zero attached hydrogens (tertiary/aromatic N) is 3. The summed E-state index contributed by atoms with van der Waals surface area (Å²) in [5, 5.41) is 4.40. The number of thiophene rings is 1. The van der Waals surface area contributed by atoms with Crippen molar-refractivity contribution in [2.24, 2.45) is 0 Å². The van der Waals surface area contributed by atoms with Gasteiger partial charge in [0.2, 0.25) is 0 Å². The van der Waals surface area contributed by atoms with Crippen LogP contribution in [0.15, 0.2) is 6.33 Å². The first-order valence-electron chi connectivity index (χ1n) is 8.44. The highest BCUT2D eigenvalue weighted by Crippen LogP contribution is 2.34. The van der Waals surface area contributed by atoms with Gasteiger partial charge in [-0.15, -0.1) is 11.3 Å². The van der Waals surface area contributed by atoms with Crippen LogP contribution in [0.3, 0.4) is 0 Å². The second kappa shape index (κ2) is 7.44. The van der Waals surface area contributed by atoms with E-state index in [4.69, 9.17) is 4.74 Å². The molecule has 0 aliphatic carbocycles. The Labute approximate surface area is 146 Å². The summed E-state index contributed by atoms with van der Waals surface area (Å²) >= 11 is 1.47. The zero-order chi connectivity index (χ0) is 17.1. The van der Waals surface area contributed by atoms with E-state index < -0.39 is 0 Å². The molecular weight excluding hydrogens is 324 g/mol. The van der Waals surface area contributed by atoms with E-state index in [-0.39, 0.29) is 11.9 Å². The lowest BCUT2D eigenvalue weighted by atomic mass is 10.1. The molecular formula is C17H24N4O2S. The number of carbonyl (C=O) groups excluding carboxylic acids is 1. The molecule has 1 fully saturated rings. The van der Waals surface area contributed by atoms with Crippen molar-refractivity contribution in [3.05, 3.63) is 16.8 Å². The van der Waals surface area contributed by atoms with Crippen molar-refractivity contribution < 1.29 is 9.53 Å². The lowest BCUT2D eigenvalue weighted by Crippen LogP contribution is -2.27. The molecule has 0 bridgehead atoms. The Bertz CT molecular complexity index is 725. The molecule has 1 aliphatic heterocycles. The van der Waals surface area contributed by atoms with Gasteiger partial charge in [0, 0.05) is 20.2 Å². The van der Waals surface area contributed by atoms with E-state index in [9.17, 15) is 4.79 Å². The Morgan fingerprint density at radius 1 is 1.42 bits per heavy atom. The predicted octanol–water partition coefficient (Wildman–Crippen LogP) is 3.07. The second-order valence-electron chi connectivity index (χ2n) is 6.16. The summed E-state index contributed by atoms with van der Waals surface area (Å²) in [4.78, 5) is 25.2. The van der Waals surface area contributed by atoms with E-state index in [1.165, 1.54) is 11.3 Å². The zero-order valence-electron chi connectivity index (χ0n) is 14.5. The summed E-state index contributed by atoms with van der Waals surface area (Å²) in [6.45, 7) is 6.43. The zero-order valence-corrected chi connectivity index (χ0v) is 15.3. The van der Waals surface area contributed by atoms with Gasteiger partial charge in [-0.1, -0.05) is 6.92 Å². The van der Waals surface area contributed by atoms with Gasteiger partial charge >= 0.3 is 0 Å². The summed E-state index contributed by atoms with van der Waals surface area (Å²) in [5.41, 5.74) is 0.974. The second-order valence-corrected chi connectivity index (χ2v) is 7.16. The van der Waals surface area contributed by atoms with Crippen LogP contribution in [0.25, 0.3) is 10.2 Å². The minimum Gasteiger partial charge on any atom is -0.383 e. The molecule has 1 N–H and O–H groups in total. The van der Waals surface area contributed by atoms with Crippen molar-refractivity contribution in [1.82, 2.24) is 14.9 Å². The van der Waals surface area contributed by atoms with Crippen molar-refractivity contribution in [3.8, 4) is 0 Å². The SMILES string of the molecule is CCC(COC)Nc1ncnc2sc(C(=O)N3CCCC3)c(C)c12. The van der Waals surface area contributed by atoms with Gasteiger partial charge in [-0.3, -0.25) is 4.79 Å². The molecule has 2 aromatic rings.